The predicted octanol–water partition coefficient (Wildman–Crippen LogP) is 5.17. The van der Waals surface area contributed by atoms with Gasteiger partial charge in [-0.3, -0.25) is 9.36 Å². The minimum Gasteiger partial charge on any atom is -0.462 e. The van der Waals surface area contributed by atoms with Gasteiger partial charge in [0.2, 0.25) is 0 Å². The number of carbonyl (C=O) groups excluding carboxylic acids is 2. The third-order valence-electron chi connectivity index (χ3n) is 5.23. The van der Waals surface area contributed by atoms with Crippen LogP contribution in [-0.2, 0) is 4.74 Å². The topological polar surface area (TPSA) is 89.9 Å². The molecule has 2 heterocycles. The van der Waals surface area contributed by atoms with Gasteiger partial charge in [-0.1, -0.05) is 42.1 Å². The highest BCUT2D eigenvalue weighted by molar-refractivity contribution is 7.99. The smallest absolute Gasteiger partial charge is 0.340 e. The molecule has 1 N–H and O–H groups in total. The second-order valence-electron chi connectivity index (χ2n) is 7.51. The molecule has 34 heavy (non-hydrogen) atoms. The lowest BCUT2D eigenvalue weighted by molar-refractivity contribution is 0.0522. The van der Waals surface area contributed by atoms with Crippen LogP contribution in [0.15, 0.2) is 59.8 Å². The average Bonchev–Trinajstić information content (AvgIpc) is 3.38. The van der Waals surface area contributed by atoms with Gasteiger partial charge in [0.15, 0.2) is 16.8 Å². The van der Waals surface area contributed by atoms with E-state index < -0.39 is 11.8 Å². The van der Waals surface area contributed by atoms with Crippen LogP contribution < -0.4 is 0 Å². The van der Waals surface area contributed by atoms with E-state index in [2.05, 4.69) is 15.2 Å². The molecular formula is C25H23FN4O3S. The van der Waals surface area contributed by atoms with E-state index in [4.69, 9.17) is 4.74 Å². The number of thioether (sulfide) groups is 1. The third-order valence-corrected chi connectivity index (χ3v) is 6.16. The van der Waals surface area contributed by atoms with Gasteiger partial charge in [0.25, 0.3) is 0 Å². The van der Waals surface area contributed by atoms with Crippen molar-refractivity contribution >= 4 is 23.5 Å². The van der Waals surface area contributed by atoms with Crippen LogP contribution in [0.25, 0.3) is 17.1 Å². The van der Waals surface area contributed by atoms with E-state index in [9.17, 15) is 14.0 Å². The monoisotopic (exact) mass is 478 g/mol. The molecule has 0 bridgehead atoms. The zero-order chi connectivity index (χ0) is 24.2. The van der Waals surface area contributed by atoms with Crippen molar-refractivity contribution in [3.8, 4) is 17.1 Å². The van der Waals surface area contributed by atoms with Gasteiger partial charge in [-0.2, -0.15) is 0 Å². The summed E-state index contributed by atoms with van der Waals surface area (Å²) in [5.41, 5.74) is 2.78. The van der Waals surface area contributed by atoms with Crippen LogP contribution in [0.2, 0.25) is 0 Å². The Hall–Kier alpha value is -3.72. The van der Waals surface area contributed by atoms with Gasteiger partial charge < -0.3 is 9.72 Å². The first kappa shape index (κ1) is 23.4. The molecule has 0 spiro atoms. The summed E-state index contributed by atoms with van der Waals surface area (Å²) in [6.45, 7) is 5.41. The molecule has 9 heteroatoms. The maximum atomic E-state index is 14.6. The number of para-hydroxylation sites is 1. The number of ether oxygens (including phenoxy) is 1. The number of H-pyrrole nitrogens is 1. The van der Waals surface area contributed by atoms with Gasteiger partial charge in [0, 0.05) is 17.1 Å². The molecule has 0 aliphatic heterocycles. The number of hydrogen-bond donors (Lipinski definition) is 1. The predicted molar refractivity (Wildman–Crippen MR) is 128 cm³/mol. The number of nitrogens with zero attached hydrogens (tertiary/aromatic N) is 3. The van der Waals surface area contributed by atoms with E-state index in [1.165, 1.54) is 17.8 Å². The quantitative estimate of drug-likeness (QED) is 0.213. The molecule has 2 aromatic carbocycles. The Morgan fingerprint density at radius 2 is 1.68 bits per heavy atom. The first-order valence-corrected chi connectivity index (χ1v) is 11.7. The average molecular weight is 479 g/mol. The van der Waals surface area contributed by atoms with Crippen molar-refractivity contribution in [1.82, 2.24) is 19.7 Å². The van der Waals surface area contributed by atoms with Crippen LogP contribution in [0.5, 0.6) is 0 Å². The minimum atomic E-state index is -0.535. The molecule has 0 atom stereocenters. The Labute approximate surface area is 200 Å². The Balaban J connectivity index is 1.68. The lowest BCUT2D eigenvalue weighted by Gasteiger charge is -2.11. The van der Waals surface area contributed by atoms with Crippen LogP contribution in [0.1, 0.15) is 39.0 Å². The summed E-state index contributed by atoms with van der Waals surface area (Å²) in [5.74, 6) is -0.860. The van der Waals surface area contributed by atoms with Crippen molar-refractivity contribution in [1.29, 1.82) is 0 Å². The molecule has 0 saturated carbocycles. The largest absolute Gasteiger partial charge is 0.462 e. The van der Waals surface area contributed by atoms with Gasteiger partial charge in [0.05, 0.1) is 29.1 Å². The van der Waals surface area contributed by atoms with E-state index >= 15 is 0 Å². The molecule has 0 saturated heterocycles. The molecule has 0 fully saturated rings. The zero-order valence-electron chi connectivity index (χ0n) is 19.0. The van der Waals surface area contributed by atoms with Crippen molar-refractivity contribution < 1.29 is 18.7 Å². The number of hydrogen-bond acceptors (Lipinski definition) is 6. The molecule has 2 aromatic heterocycles. The molecule has 0 aliphatic carbocycles. The Bertz CT molecular complexity index is 1350. The molecule has 174 valence electrons. The van der Waals surface area contributed by atoms with Crippen molar-refractivity contribution in [2.45, 2.75) is 25.9 Å². The molecule has 0 unspecified atom stereocenters. The first-order chi connectivity index (χ1) is 16.4. The van der Waals surface area contributed by atoms with Gasteiger partial charge in [-0.05, 0) is 45.0 Å². The number of esters is 1. The molecule has 4 rings (SSSR count). The van der Waals surface area contributed by atoms with Gasteiger partial charge in [0.1, 0.15) is 5.82 Å². The fourth-order valence-electron chi connectivity index (χ4n) is 3.78. The van der Waals surface area contributed by atoms with Crippen LogP contribution in [0, 0.1) is 19.7 Å². The maximum absolute atomic E-state index is 14.6. The van der Waals surface area contributed by atoms with Crippen LogP contribution in [0.3, 0.4) is 0 Å². The second-order valence-corrected chi connectivity index (χ2v) is 8.46. The van der Waals surface area contributed by atoms with E-state index in [-0.39, 0.29) is 23.7 Å². The van der Waals surface area contributed by atoms with E-state index in [0.29, 0.717) is 33.5 Å². The number of nitrogens with one attached hydrogen (secondary N) is 1. The van der Waals surface area contributed by atoms with Gasteiger partial charge in [-0.15, -0.1) is 10.2 Å². The van der Waals surface area contributed by atoms with Crippen LogP contribution in [0.4, 0.5) is 4.39 Å². The molecule has 0 amide bonds. The number of ketones is 1. The fraction of sp³-hybridized carbons (Fsp3) is 0.200. The fourth-order valence-corrected chi connectivity index (χ4v) is 4.60. The molecule has 7 nitrogen and oxygen atoms in total. The zero-order valence-corrected chi connectivity index (χ0v) is 19.8. The molecule has 0 aliphatic rings. The van der Waals surface area contributed by atoms with Gasteiger partial charge >= 0.3 is 5.97 Å². The Morgan fingerprint density at radius 3 is 2.38 bits per heavy atom. The summed E-state index contributed by atoms with van der Waals surface area (Å²) >= 11 is 1.17. The molecule has 0 radical (unpaired) electrons. The van der Waals surface area contributed by atoms with Crippen molar-refractivity contribution in [3.05, 3.63) is 82.9 Å². The molecule has 4 aromatic rings. The SMILES string of the molecule is CCOC(=O)c1c(C)[nH]c(C)c1C(=O)CSc1nnc(-c2ccccc2F)n1-c1ccccc1. The number of Topliss-reactive ketones (excluding diaryl/α,β-unsaturated/α-hetero) is 1. The standard InChI is InChI=1S/C25H23FN4O3S/c1-4-33-24(32)22-16(3)27-15(2)21(22)20(31)14-34-25-29-28-23(18-12-8-9-13-19(18)26)30(25)17-10-6-5-7-11-17/h5-13,27H,4,14H2,1-3H3. The lowest BCUT2D eigenvalue weighted by Crippen LogP contribution is -2.13. The van der Waals surface area contributed by atoms with Gasteiger partial charge in [-0.25, -0.2) is 9.18 Å². The highest BCUT2D eigenvalue weighted by atomic mass is 32.2. The summed E-state index contributed by atoms with van der Waals surface area (Å²) in [5, 5.41) is 8.91. The number of carbonyl (C=O) groups is 2. The normalized spacial score (nSPS) is 10.9. The summed E-state index contributed by atoms with van der Waals surface area (Å²) in [6.07, 6.45) is 0. The van der Waals surface area contributed by atoms with Crippen molar-refractivity contribution in [2.75, 3.05) is 12.4 Å². The number of aromatic nitrogens is 4. The first-order valence-electron chi connectivity index (χ1n) is 10.7. The van der Waals surface area contributed by atoms with E-state index in [1.54, 1.807) is 43.5 Å². The number of halogens is 1. The Kier molecular flexibility index (Phi) is 6.93. The highest BCUT2D eigenvalue weighted by Crippen LogP contribution is 2.30. The third kappa shape index (κ3) is 4.51. The Morgan fingerprint density at radius 1 is 1.00 bits per heavy atom. The summed E-state index contributed by atoms with van der Waals surface area (Å²) in [4.78, 5) is 28.7. The highest BCUT2D eigenvalue weighted by Gasteiger charge is 2.26. The lowest BCUT2D eigenvalue weighted by atomic mass is 10.1. The number of benzene rings is 2. The van der Waals surface area contributed by atoms with E-state index in [0.717, 1.165) is 5.69 Å². The number of aromatic amines is 1. The summed E-state index contributed by atoms with van der Waals surface area (Å²) in [7, 11) is 0. The van der Waals surface area contributed by atoms with Crippen molar-refractivity contribution in [2.24, 2.45) is 0 Å². The van der Waals surface area contributed by atoms with Crippen molar-refractivity contribution in [3.63, 3.8) is 0 Å². The summed E-state index contributed by atoms with van der Waals surface area (Å²) in [6, 6.07) is 15.7. The van der Waals surface area contributed by atoms with E-state index in [1.807, 2.05) is 30.3 Å². The second kappa shape index (κ2) is 10.0. The van der Waals surface area contributed by atoms with Crippen LogP contribution >= 0.6 is 11.8 Å². The maximum Gasteiger partial charge on any atom is 0.340 e. The number of aryl methyl sites for hydroxylation is 2. The molecular weight excluding hydrogens is 455 g/mol. The number of rotatable bonds is 8. The summed E-state index contributed by atoms with van der Waals surface area (Å²) < 4.78 is 21.4. The minimum absolute atomic E-state index is 0.00672. The van der Waals surface area contributed by atoms with Crippen LogP contribution in [-0.4, -0.2) is 43.9 Å².